The molecule has 88 valence electrons. The Bertz CT molecular complexity index is 398. The molecule has 1 aromatic carbocycles. The lowest BCUT2D eigenvalue weighted by Gasteiger charge is -2.21. The van der Waals surface area contributed by atoms with Gasteiger partial charge < -0.3 is 5.11 Å². The number of carboxylic acid groups (broad SMARTS) is 1. The molecule has 0 saturated heterocycles. The lowest BCUT2D eigenvalue weighted by Crippen LogP contribution is -2.35. The quantitative estimate of drug-likeness (QED) is 0.886. The number of likely N-dealkylation sites (N-methyl/N-ethyl adjacent to an activating group) is 1. The molecule has 0 fully saturated rings. The van der Waals surface area contributed by atoms with E-state index in [0.29, 0.717) is 10.6 Å². The summed E-state index contributed by atoms with van der Waals surface area (Å²) in [6, 6.07) is 3.57. The van der Waals surface area contributed by atoms with E-state index in [2.05, 4.69) is 0 Å². The molecule has 1 atom stereocenters. The molecule has 1 rings (SSSR count). The third-order valence-electron chi connectivity index (χ3n) is 2.45. The lowest BCUT2D eigenvalue weighted by molar-refractivity contribution is -0.142. The van der Waals surface area contributed by atoms with Gasteiger partial charge in [0.25, 0.3) is 0 Å². The minimum absolute atomic E-state index is 0.208. The molecule has 0 spiro atoms. The van der Waals surface area contributed by atoms with Crippen molar-refractivity contribution >= 4 is 17.6 Å². The van der Waals surface area contributed by atoms with Gasteiger partial charge in [0.15, 0.2) is 0 Å². The van der Waals surface area contributed by atoms with Crippen molar-refractivity contribution in [2.24, 2.45) is 0 Å². The van der Waals surface area contributed by atoms with Gasteiger partial charge in [-0.3, -0.25) is 9.69 Å². The minimum atomic E-state index is -0.940. The molecule has 0 bridgehead atoms. The first-order valence-corrected chi connectivity index (χ1v) is 5.16. The highest BCUT2D eigenvalue weighted by atomic mass is 35.5. The molecule has 3 nitrogen and oxygen atoms in total. The van der Waals surface area contributed by atoms with Crippen molar-refractivity contribution in [3.05, 3.63) is 34.6 Å². The predicted molar refractivity (Wildman–Crippen MR) is 60.0 cm³/mol. The molecule has 0 aliphatic heterocycles. The van der Waals surface area contributed by atoms with E-state index in [4.69, 9.17) is 16.7 Å². The summed E-state index contributed by atoms with van der Waals surface area (Å²) in [4.78, 5) is 12.3. The maximum Gasteiger partial charge on any atom is 0.320 e. The van der Waals surface area contributed by atoms with E-state index in [1.165, 1.54) is 23.1 Å². The van der Waals surface area contributed by atoms with Crippen molar-refractivity contribution in [2.45, 2.75) is 19.5 Å². The van der Waals surface area contributed by atoms with E-state index in [-0.39, 0.29) is 12.4 Å². The standard InChI is InChI=1S/C11H13ClFNO2/c1-7(11(15)16)14(2)6-8-5-9(12)3-4-10(8)13/h3-5,7H,6H2,1-2H3,(H,15,16). The number of hydrogen-bond acceptors (Lipinski definition) is 2. The molecule has 0 aromatic heterocycles. The fourth-order valence-corrected chi connectivity index (χ4v) is 1.45. The zero-order chi connectivity index (χ0) is 12.3. The van der Waals surface area contributed by atoms with Gasteiger partial charge in [-0.05, 0) is 32.2 Å². The summed E-state index contributed by atoms with van der Waals surface area (Å²) < 4.78 is 13.4. The molecule has 0 saturated carbocycles. The Kier molecular flexibility index (Phi) is 4.26. The fraction of sp³-hybridized carbons (Fsp3) is 0.364. The fourth-order valence-electron chi connectivity index (χ4n) is 1.26. The van der Waals surface area contributed by atoms with Crippen molar-refractivity contribution < 1.29 is 14.3 Å². The van der Waals surface area contributed by atoms with Crippen molar-refractivity contribution in [1.29, 1.82) is 0 Å². The van der Waals surface area contributed by atoms with Gasteiger partial charge in [-0.1, -0.05) is 11.6 Å². The summed E-state index contributed by atoms with van der Waals surface area (Å²) in [7, 11) is 1.62. The molecule has 16 heavy (non-hydrogen) atoms. The van der Waals surface area contributed by atoms with E-state index in [1.54, 1.807) is 14.0 Å². The molecule has 0 radical (unpaired) electrons. The average Bonchev–Trinajstić information content (AvgIpc) is 2.22. The van der Waals surface area contributed by atoms with Crippen molar-refractivity contribution in [1.82, 2.24) is 4.90 Å². The van der Waals surface area contributed by atoms with Gasteiger partial charge in [-0.15, -0.1) is 0 Å². The van der Waals surface area contributed by atoms with E-state index >= 15 is 0 Å². The number of halogens is 2. The maximum atomic E-state index is 13.4. The Morgan fingerprint density at radius 2 is 2.25 bits per heavy atom. The first-order chi connectivity index (χ1) is 7.41. The van der Waals surface area contributed by atoms with E-state index in [9.17, 15) is 9.18 Å². The highest BCUT2D eigenvalue weighted by Crippen LogP contribution is 2.17. The summed E-state index contributed by atoms with van der Waals surface area (Å²) in [6.45, 7) is 1.75. The highest BCUT2D eigenvalue weighted by Gasteiger charge is 2.17. The van der Waals surface area contributed by atoms with Crippen LogP contribution in [0, 0.1) is 5.82 Å². The topological polar surface area (TPSA) is 40.5 Å². The number of carboxylic acids is 1. The Morgan fingerprint density at radius 1 is 1.62 bits per heavy atom. The van der Waals surface area contributed by atoms with Crippen LogP contribution in [-0.4, -0.2) is 29.1 Å². The van der Waals surface area contributed by atoms with Crippen LogP contribution >= 0.6 is 11.6 Å². The molecule has 1 unspecified atom stereocenters. The summed E-state index contributed by atoms with van der Waals surface area (Å²) in [6.07, 6.45) is 0. The SMILES string of the molecule is CC(C(=O)O)N(C)Cc1cc(Cl)ccc1F. The van der Waals surface area contributed by atoms with Crippen molar-refractivity contribution in [3.63, 3.8) is 0 Å². The third-order valence-corrected chi connectivity index (χ3v) is 2.68. The van der Waals surface area contributed by atoms with Crippen LogP contribution in [0.1, 0.15) is 12.5 Å². The molecular weight excluding hydrogens is 233 g/mol. The summed E-state index contributed by atoms with van der Waals surface area (Å²) in [5.41, 5.74) is 0.392. The zero-order valence-electron chi connectivity index (χ0n) is 9.08. The molecule has 0 heterocycles. The Morgan fingerprint density at radius 3 is 2.81 bits per heavy atom. The first kappa shape index (κ1) is 12.9. The van der Waals surface area contributed by atoms with Gasteiger partial charge in [0.05, 0.1) is 0 Å². The largest absolute Gasteiger partial charge is 0.480 e. The van der Waals surface area contributed by atoms with E-state index in [1.807, 2.05) is 0 Å². The van der Waals surface area contributed by atoms with Crippen LogP contribution in [0.4, 0.5) is 4.39 Å². The van der Waals surface area contributed by atoms with Crippen LogP contribution in [0.3, 0.4) is 0 Å². The van der Waals surface area contributed by atoms with Crippen LogP contribution in [0.15, 0.2) is 18.2 Å². The van der Waals surface area contributed by atoms with Gasteiger partial charge in [0.1, 0.15) is 11.9 Å². The number of rotatable bonds is 4. The molecule has 0 amide bonds. The van der Waals surface area contributed by atoms with Gasteiger partial charge in [0, 0.05) is 17.1 Å². The number of aliphatic carboxylic acids is 1. The minimum Gasteiger partial charge on any atom is -0.480 e. The zero-order valence-corrected chi connectivity index (χ0v) is 9.83. The van der Waals surface area contributed by atoms with Crippen LogP contribution in [0.2, 0.25) is 5.02 Å². The van der Waals surface area contributed by atoms with Gasteiger partial charge in [0.2, 0.25) is 0 Å². The average molecular weight is 246 g/mol. The number of hydrogen-bond donors (Lipinski definition) is 1. The molecule has 0 aliphatic rings. The van der Waals surface area contributed by atoms with Gasteiger partial charge in [-0.25, -0.2) is 4.39 Å². The van der Waals surface area contributed by atoms with Crippen LogP contribution in [0.5, 0.6) is 0 Å². The van der Waals surface area contributed by atoms with Gasteiger partial charge in [-0.2, -0.15) is 0 Å². The Labute approximate surface area is 98.4 Å². The number of benzene rings is 1. The van der Waals surface area contributed by atoms with Gasteiger partial charge >= 0.3 is 5.97 Å². The number of nitrogens with zero attached hydrogens (tertiary/aromatic N) is 1. The molecular formula is C11H13ClFNO2. The normalized spacial score (nSPS) is 12.8. The Balaban J connectivity index is 2.80. The Hall–Kier alpha value is -1.13. The van der Waals surface area contributed by atoms with Crippen LogP contribution in [0.25, 0.3) is 0 Å². The second-order valence-electron chi connectivity index (χ2n) is 3.67. The monoisotopic (exact) mass is 245 g/mol. The van der Waals surface area contributed by atoms with Crippen LogP contribution in [-0.2, 0) is 11.3 Å². The maximum absolute atomic E-state index is 13.4. The summed E-state index contributed by atoms with van der Waals surface area (Å²) in [5, 5.41) is 9.23. The molecule has 5 heteroatoms. The van der Waals surface area contributed by atoms with Crippen LogP contribution < -0.4 is 0 Å². The lowest BCUT2D eigenvalue weighted by atomic mass is 10.2. The van der Waals surface area contributed by atoms with Crippen molar-refractivity contribution in [2.75, 3.05) is 7.05 Å². The predicted octanol–water partition coefficient (Wildman–Crippen LogP) is 2.38. The number of carbonyl (C=O) groups is 1. The highest BCUT2D eigenvalue weighted by molar-refractivity contribution is 6.30. The third kappa shape index (κ3) is 3.18. The van der Waals surface area contributed by atoms with E-state index < -0.39 is 12.0 Å². The van der Waals surface area contributed by atoms with Crippen molar-refractivity contribution in [3.8, 4) is 0 Å². The molecule has 0 aliphatic carbocycles. The molecule has 1 N–H and O–H groups in total. The second-order valence-corrected chi connectivity index (χ2v) is 4.10. The summed E-state index contributed by atoms with van der Waals surface area (Å²) >= 11 is 5.74. The summed E-state index contributed by atoms with van der Waals surface area (Å²) in [5.74, 6) is -1.32. The molecule has 1 aromatic rings. The first-order valence-electron chi connectivity index (χ1n) is 4.78. The smallest absolute Gasteiger partial charge is 0.320 e. The van der Waals surface area contributed by atoms with E-state index in [0.717, 1.165) is 0 Å². The second kappa shape index (κ2) is 5.27.